The van der Waals surface area contributed by atoms with Crippen molar-refractivity contribution < 1.29 is 17.9 Å². The molecule has 0 aliphatic carbocycles. The van der Waals surface area contributed by atoms with E-state index < -0.39 is 10.0 Å². The summed E-state index contributed by atoms with van der Waals surface area (Å²) < 4.78 is 32.5. The summed E-state index contributed by atoms with van der Waals surface area (Å²) in [5, 5.41) is 2.81. The zero-order valence-corrected chi connectivity index (χ0v) is 17.9. The molecule has 3 aromatic rings. The summed E-state index contributed by atoms with van der Waals surface area (Å²) in [7, 11) is -2.27. The van der Waals surface area contributed by atoms with Crippen molar-refractivity contribution >= 4 is 27.3 Å². The van der Waals surface area contributed by atoms with Crippen LogP contribution < -0.4 is 14.4 Å². The van der Waals surface area contributed by atoms with Crippen molar-refractivity contribution in [3.8, 4) is 5.75 Å². The van der Waals surface area contributed by atoms with E-state index in [-0.39, 0.29) is 10.8 Å². The lowest BCUT2D eigenvalue weighted by Crippen LogP contribution is -2.26. The van der Waals surface area contributed by atoms with E-state index in [1.807, 2.05) is 19.9 Å². The number of amides is 1. The lowest BCUT2D eigenvalue weighted by molar-refractivity contribution is 0.102. The number of benzene rings is 3. The van der Waals surface area contributed by atoms with Gasteiger partial charge in [0.05, 0.1) is 17.2 Å². The van der Waals surface area contributed by atoms with Crippen LogP contribution in [0.1, 0.15) is 22.8 Å². The molecule has 3 aromatic carbocycles. The average molecular weight is 425 g/mol. The molecular weight excluding hydrogens is 400 g/mol. The van der Waals surface area contributed by atoms with Crippen molar-refractivity contribution in [1.29, 1.82) is 0 Å². The summed E-state index contributed by atoms with van der Waals surface area (Å²) in [6.45, 7) is 4.31. The van der Waals surface area contributed by atoms with Gasteiger partial charge in [-0.05, 0) is 56.3 Å². The first kappa shape index (κ1) is 21.4. The molecule has 0 heterocycles. The molecule has 0 aliphatic rings. The molecule has 0 saturated carbocycles. The molecular formula is C23H24N2O4S. The third kappa shape index (κ3) is 4.80. The van der Waals surface area contributed by atoms with Crippen LogP contribution >= 0.6 is 0 Å². The van der Waals surface area contributed by atoms with Gasteiger partial charge in [0.25, 0.3) is 15.9 Å². The van der Waals surface area contributed by atoms with E-state index in [4.69, 9.17) is 4.74 Å². The van der Waals surface area contributed by atoms with Crippen molar-refractivity contribution in [2.45, 2.75) is 18.7 Å². The SMILES string of the molecule is CCOc1cccc(NC(=O)c2cccc(N(C)S(=O)(=O)c3ccc(C)cc3)c2)c1. The second-order valence-corrected chi connectivity index (χ2v) is 8.72. The Labute approximate surface area is 177 Å². The maximum absolute atomic E-state index is 12.9. The predicted octanol–water partition coefficient (Wildman–Crippen LogP) is 4.47. The fourth-order valence-electron chi connectivity index (χ4n) is 2.88. The molecule has 6 nitrogen and oxygen atoms in total. The van der Waals surface area contributed by atoms with Gasteiger partial charge in [-0.1, -0.05) is 29.8 Å². The van der Waals surface area contributed by atoms with E-state index in [0.29, 0.717) is 29.3 Å². The Hall–Kier alpha value is -3.32. The predicted molar refractivity (Wildman–Crippen MR) is 119 cm³/mol. The Kier molecular flexibility index (Phi) is 6.42. The number of sulfonamides is 1. The van der Waals surface area contributed by atoms with E-state index in [1.54, 1.807) is 66.7 Å². The van der Waals surface area contributed by atoms with Crippen molar-refractivity contribution in [3.05, 3.63) is 83.9 Å². The van der Waals surface area contributed by atoms with Crippen LogP contribution in [0.15, 0.2) is 77.7 Å². The summed E-state index contributed by atoms with van der Waals surface area (Å²) in [5.41, 5.74) is 2.31. The number of hydrogen-bond donors (Lipinski definition) is 1. The van der Waals surface area contributed by atoms with Crippen LogP contribution in [-0.2, 0) is 10.0 Å². The Morgan fingerprint density at radius 1 is 1.00 bits per heavy atom. The molecule has 1 amide bonds. The van der Waals surface area contributed by atoms with Gasteiger partial charge in [-0.2, -0.15) is 0 Å². The zero-order chi connectivity index (χ0) is 21.7. The van der Waals surface area contributed by atoms with Crippen LogP contribution in [-0.4, -0.2) is 28.0 Å². The first-order valence-corrected chi connectivity index (χ1v) is 10.9. The second-order valence-electron chi connectivity index (χ2n) is 6.75. The minimum atomic E-state index is -3.74. The topological polar surface area (TPSA) is 75.7 Å². The van der Waals surface area contributed by atoms with Crippen LogP contribution in [0.3, 0.4) is 0 Å². The number of hydrogen-bond acceptors (Lipinski definition) is 4. The van der Waals surface area contributed by atoms with Gasteiger partial charge in [-0.25, -0.2) is 8.42 Å². The number of anilines is 2. The highest BCUT2D eigenvalue weighted by atomic mass is 32.2. The number of carbonyl (C=O) groups is 1. The maximum atomic E-state index is 12.9. The molecule has 0 unspecified atom stereocenters. The number of aryl methyl sites for hydroxylation is 1. The summed E-state index contributed by atoms with van der Waals surface area (Å²) in [5.74, 6) is 0.319. The molecule has 0 radical (unpaired) electrons. The molecule has 0 atom stereocenters. The van der Waals surface area contributed by atoms with Crippen molar-refractivity contribution in [3.63, 3.8) is 0 Å². The first-order chi connectivity index (χ1) is 14.3. The van der Waals surface area contributed by atoms with Crippen LogP contribution in [0.2, 0.25) is 0 Å². The van der Waals surface area contributed by atoms with E-state index in [9.17, 15) is 13.2 Å². The quantitative estimate of drug-likeness (QED) is 0.607. The highest BCUT2D eigenvalue weighted by Crippen LogP contribution is 2.24. The summed E-state index contributed by atoms with van der Waals surface area (Å²) in [6.07, 6.45) is 0. The first-order valence-electron chi connectivity index (χ1n) is 9.51. The average Bonchev–Trinajstić information content (AvgIpc) is 2.74. The minimum absolute atomic E-state index is 0.193. The molecule has 156 valence electrons. The molecule has 3 rings (SSSR count). The molecule has 30 heavy (non-hydrogen) atoms. The van der Waals surface area contributed by atoms with Crippen LogP contribution in [0.5, 0.6) is 5.75 Å². The largest absolute Gasteiger partial charge is 0.494 e. The van der Waals surface area contributed by atoms with Gasteiger partial charge in [0.2, 0.25) is 0 Å². The normalized spacial score (nSPS) is 11.0. The van der Waals surface area contributed by atoms with Gasteiger partial charge in [-0.3, -0.25) is 9.10 Å². The fraction of sp³-hybridized carbons (Fsp3) is 0.174. The van der Waals surface area contributed by atoms with Crippen LogP contribution in [0.4, 0.5) is 11.4 Å². The molecule has 0 aromatic heterocycles. The van der Waals surface area contributed by atoms with Gasteiger partial charge >= 0.3 is 0 Å². The Balaban J connectivity index is 1.82. The summed E-state index contributed by atoms with van der Waals surface area (Å²) in [4.78, 5) is 12.9. The molecule has 0 bridgehead atoms. The monoisotopic (exact) mass is 424 g/mol. The van der Waals surface area contributed by atoms with E-state index in [1.165, 1.54) is 11.4 Å². The van der Waals surface area contributed by atoms with Gasteiger partial charge in [-0.15, -0.1) is 0 Å². The van der Waals surface area contributed by atoms with Crippen molar-refractivity contribution in [1.82, 2.24) is 0 Å². The number of ether oxygens (including phenoxy) is 1. The zero-order valence-electron chi connectivity index (χ0n) is 17.1. The van der Waals surface area contributed by atoms with E-state index in [2.05, 4.69) is 5.32 Å². The second kappa shape index (κ2) is 9.00. The summed E-state index contributed by atoms with van der Waals surface area (Å²) in [6, 6.07) is 20.2. The number of carbonyl (C=O) groups excluding carboxylic acids is 1. The number of nitrogens with zero attached hydrogens (tertiary/aromatic N) is 1. The van der Waals surface area contributed by atoms with Crippen LogP contribution in [0, 0.1) is 6.92 Å². The minimum Gasteiger partial charge on any atom is -0.494 e. The van der Waals surface area contributed by atoms with Gasteiger partial charge in [0, 0.05) is 24.4 Å². The number of nitrogens with one attached hydrogen (secondary N) is 1. The Morgan fingerprint density at radius 3 is 2.40 bits per heavy atom. The van der Waals surface area contributed by atoms with Crippen molar-refractivity contribution in [2.75, 3.05) is 23.3 Å². The lowest BCUT2D eigenvalue weighted by atomic mass is 10.2. The maximum Gasteiger partial charge on any atom is 0.264 e. The standard InChI is InChI=1S/C23H24N2O4S/c1-4-29-21-10-6-8-19(16-21)24-23(26)18-7-5-9-20(15-18)25(3)30(27,28)22-13-11-17(2)12-14-22/h5-16H,4H2,1-3H3,(H,24,26). The Bertz CT molecular complexity index is 1140. The van der Waals surface area contributed by atoms with E-state index in [0.717, 1.165) is 5.56 Å². The molecule has 7 heteroatoms. The van der Waals surface area contributed by atoms with Gasteiger partial charge in [0.15, 0.2) is 0 Å². The summed E-state index contributed by atoms with van der Waals surface area (Å²) >= 11 is 0. The third-order valence-corrected chi connectivity index (χ3v) is 6.35. The van der Waals surface area contributed by atoms with E-state index >= 15 is 0 Å². The molecule has 0 saturated heterocycles. The molecule has 1 N–H and O–H groups in total. The highest BCUT2D eigenvalue weighted by Gasteiger charge is 2.22. The lowest BCUT2D eigenvalue weighted by Gasteiger charge is -2.20. The molecule has 0 spiro atoms. The van der Waals surface area contributed by atoms with Gasteiger partial charge in [0.1, 0.15) is 5.75 Å². The third-order valence-electron chi connectivity index (χ3n) is 4.55. The molecule has 0 aliphatic heterocycles. The number of rotatable bonds is 7. The molecule has 0 fully saturated rings. The van der Waals surface area contributed by atoms with Crippen molar-refractivity contribution in [2.24, 2.45) is 0 Å². The Morgan fingerprint density at radius 2 is 1.70 bits per heavy atom. The smallest absolute Gasteiger partial charge is 0.264 e. The highest BCUT2D eigenvalue weighted by molar-refractivity contribution is 7.92. The van der Waals surface area contributed by atoms with Gasteiger partial charge < -0.3 is 10.1 Å². The van der Waals surface area contributed by atoms with Crippen LogP contribution in [0.25, 0.3) is 0 Å². The fourth-order valence-corrected chi connectivity index (χ4v) is 4.07.